The zero-order valence-corrected chi connectivity index (χ0v) is 18.2. The fraction of sp³-hybridized carbons (Fsp3) is 0. The van der Waals surface area contributed by atoms with Crippen molar-refractivity contribution in [1.29, 1.82) is 0 Å². The molecule has 34 heavy (non-hydrogen) atoms. The Morgan fingerprint density at radius 3 is 2.29 bits per heavy atom. The van der Waals surface area contributed by atoms with Crippen LogP contribution in [0, 0.1) is 0 Å². The van der Waals surface area contributed by atoms with E-state index in [9.17, 15) is 0 Å². The summed E-state index contributed by atoms with van der Waals surface area (Å²) in [6, 6.07) is 34.3. The van der Waals surface area contributed by atoms with Gasteiger partial charge in [0, 0.05) is 39.3 Å². The summed E-state index contributed by atoms with van der Waals surface area (Å²) >= 11 is 0. The van der Waals surface area contributed by atoms with Gasteiger partial charge in [0.15, 0.2) is 0 Å². The van der Waals surface area contributed by atoms with E-state index in [-0.39, 0.29) is 0 Å². The first-order valence-corrected chi connectivity index (χ1v) is 11.5. The second-order valence-corrected chi connectivity index (χ2v) is 8.80. The molecule has 0 aliphatic heterocycles. The molecule has 0 saturated heterocycles. The molecule has 0 unspecified atom stereocenters. The van der Waals surface area contributed by atoms with E-state index in [2.05, 4.69) is 94.5 Å². The number of nitrogens with zero attached hydrogens (tertiary/aromatic N) is 2. The number of pyridine rings is 1. The minimum absolute atomic E-state index is 0.890. The molecule has 3 heteroatoms. The molecule has 0 fully saturated rings. The summed E-state index contributed by atoms with van der Waals surface area (Å²) in [6.45, 7) is 0. The lowest BCUT2D eigenvalue weighted by Gasteiger charge is -2.12. The molecule has 0 aliphatic carbocycles. The Kier molecular flexibility index (Phi) is 3.39. The van der Waals surface area contributed by atoms with Crippen LogP contribution in [0.3, 0.4) is 0 Å². The van der Waals surface area contributed by atoms with E-state index in [4.69, 9.17) is 4.42 Å². The van der Waals surface area contributed by atoms with Crippen LogP contribution >= 0.6 is 0 Å². The third kappa shape index (κ3) is 2.18. The van der Waals surface area contributed by atoms with Crippen LogP contribution in [-0.4, -0.2) is 9.55 Å². The van der Waals surface area contributed by atoms with Gasteiger partial charge in [-0.3, -0.25) is 4.98 Å². The van der Waals surface area contributed by atoms with Gasteiger partial charge in [-0.1, -0.05) is 72.8 Å². The minimum atomic E-state index is 0.890. The van der Waals surface area contributed by atoms with Gasteiger partial charge in [-0.25, -0.2) is 0 Å². The second kappa shape index (κ2) is 6.46. The first-order chi connectivity index (χ1) is 16.9. The van der Waals surface area contributed by atoms with Crippen LogP contribution in [0.15, 0.2) is 114 Å². The maximum Gasteiger partial charge on any atom is 0.146 e. The average Bonchev–Trinajstić information content (AvgIpc) is 3.45. The molecule has 5 aromatic carbocycles. The molecule has 0 N–H and O–H groups in total. The number of benzene rings is 5. The number of furan rings is 1. The van der Waals surface area contributed by atoms with Crippen molar-refractivity contribution < 1.29 is 4.42 Å². The van der Waals surface area contributed by atoms with Crippen molar-refractivity contribution in [3.63, 3.8) is 0 Å². The van der Waals surface area contributed by atoms with Crippen molar-refractivity contribution in [2.45, 2.75) is 0 Å². The largest absolute Gasteiger partial charge is 0.455 e. The number of hydrogen-bond acceptors (Lipinski definition) is 2. The van der Waals surface area contributed by atoms with Crippen molar-refractivity contribution in [3.8, 4) is 5.69 Å². The average molecular weight is 434 g/mol. The van der Waals surface area contributed by atoms with Gasteiger partial charge in [-0.15, -0.1) is 0 Å². The van der Waals surface area contributed by atoms with E-state index in [1.807, 2.05) is 24.5 Å². The van der Waals surface area contributed by atoms with Gasteiger partial charge in [0.2, 0.25) is 0 Å². The van der Waals surface area contributed by atoms with Crippen LogP contribution in [0.2, 0.25) is 0 Å². The van der Waals surface area contributed by atoms with Crippen LogP contribution in [-0.2, 0) is 0 Å². The lowest BCUT2D eigenvalue weighted by Crippen LogP contribution is -1.95. The number of fused-ring (bicyclic) bond motifs is 11. The third-order valence-electron chi connectivity index (χ3n) is 7.05. The van der Waals surface area contributed by atoms with Crippen molar-refractivity contribution in [1.82, 2.24) is 9.55 Å². The summed E-state index contributed by atoms with van der Waals surface area (Å²) in [5.74, 6) is 0. The predicted molar refractivity (Wildman–Crippen MR) is 141 cm³/mol. The molecule has 0 amide bonds. The smallest absolute Gasteiger partial charge is 0.146 e. The lowest BCUT2D eigenvalue weighted by molar-refractivity contribution is 0.672. The van der Waals surface area contributed by atoms with E-state index in [1.165, 1.54) is 38.3 Å². The topological polar surface area (TPSA) is 31.0 Å². The standard InChI is InChI=1S/C31H18N2O/c1-2-10-20-19(8-1)9-7-14-25(20)33-26-13-5-3-11-22(26)28-21-16-17-32-18-24(21)31-29(30(28)33)23-12-4-6-15-27(23)34-31/h1-18H. The number of rotatable bonds is 1. The molecule has 158 valence electrons. The summed E-state index contributed by atoms with van der Waals surface area (Å²) in [4.78, 5) is 4.46. The van der Waals surface area contributed by atoms with Gasteiger partial charge in [0.05, 0.1) is 22.1 Å². The van der Waals surface area contributed by atoms with E-state index in [0.29, 0.717) is 0 Å². The van der Waals surface area contributed by atoms with Crippen LogP contribution < -0.4 is 0 Å². The first kappa shape index (κ1) is 17.9. The highest BCUT2D eigenvalue weighted by molar-refractivity contribution is 6.35. The van der Waals surface area contributed by atoms with Crippen molar-refractivity contribution in [2.24, 2.45) is 0 Å². The molecular formula is C31H18N2O. The van der Waals surface area contributed by atoms with Crippen LogP contribution in [0.25, 0.3) is 71.0 Å². The van der Waals surface area contributed by atoms with Crippen molar-refractivity contribution >= 4 is 65.3 Å². The third-order valence-corrected chi connectivity index (χ3v) is 7.05. The monoisotopic (exact) mass is 434 g/mol. The molecule has 0 spiro atoms. The first-order valence-electron chi connectivity index (χ1n) is 11.5. The molecule has 3 nitrogen and oxygen atoms in total. The fourth-order valence-electron chi connectivity index (χ4n) is 5.67. The highest BCUT2D eigenvalue weighted by atomic mass is 16.3. The van der Waals surface area contributed by atoms with E-state index >= 15 is 0 Å². The molecule has 0 saturated carbocycles. The molecule has 0 aliphatic rings. The molecule has 8 rings (SSSR count). The number of para-hydroxylation sites is 2. The summed E-state index contributed by atoms with van der Waals surface area (Å²) in [5, 5.41) is 9.38. The normalized spacial score (nSPS) is 12.1. The zero-order chi connectivity index (χ0) is 22.2. The molecule has 0 atom stereocenters. The summed E-state index contributed by atoms with van der Waals surface area (Å²) in [5.41, 5.74) is 5.32. The number of hydrogen-bond donors (Lipinski definition) is 0. The highest BCUT2D eigenvalue weighted by Crippen LogP contribution is 2.46. The van der Waals surface area contributed by atoms with Crippen molar-refractivity contribution in [2.75, 3.05) is 0 Å². The fourth-order valence-corrected chi connectivity index (χ4v) is 5.67. The molecule has 0 bridgehead atoms. The Morgan fingerprint density at radius 1 is 0.588 bits per heavy atom. The van der Waals surface area contributed by atoms with Gasteiger partial charge in [-0.05, 0) is 35.0 Å². The molecule has 0 radical (unpaired) electrons. The Labute approximate surface area is 194 Å². The maximum atomic E-state index is 6.49. The van der Waals surface area contributed by atoms with Gasteiger partial charge >= 0.3 is 0 Å². The van der Waals surface area contributed by atoms with Crippen molar-refractivity contribution in [3.05, 3.63) is 109 Å². The second-order valence-electron chi connectivity index (χ2n) is 8.80. The van der Waals surface area contributed by atoms with E-state index in [1.54, 1.807) is 0 Å². The summed E-state index contributed by atoms with van der Waals surface area (Å²) in [7, 11) is 0. The van der Waals surface area contributed by atoms with Crippen LogP contribution in [0.5, 0.6) is 0 Å². The van der Waals surface area contributed by atoms with E-state index in [0.717, 1.165) is 32.7 Å². The maximum absolute atomic E-state index is 6.49. The molecule has 8 aromatic rings. The minimum Gasteiger partial charge on any atom is -0.455 e. The van der Waals surface area contributed by atoms with Gasteiger partial charge in [0.1, 0.15) is 11.2 Å². The Hall–Kier alpha value is -4.63. The Morgan fingerprint density at radius 2 is 1.35 bits per heavy atom. The van der Waals surface area contributed by atoms with Gasteiger partial charge in [0.25, 0.3) is 0 Å². The predicted octanol–water partition coefficient (Wildman–Crippen LogP) is 8.38. The zero-order valence-electron chi connectivity index (χ0n) is 18.2. The highest BCUT2D eigenvalue weighted by Gasteiger charge is 2.23. The van der Waals surface area contributed by atoms with Crippen LogP contribution in [0.1, 0.15) is 0 Å². The van der Waals surface area contributed by atoms with Gasteiger partial charge in [-0.2, -0.15) is 0 Å². The molecule has 3 aromatic heterocycles. The number of aromatic nitrogens is 2. The quantitative estimate of drug-likeness (QED) is 0.260. The summed E-state index contributed by atoms with van der Waals surface area (Å²) < 4.78 is 8.92. The summed E-state index contributed by atoms with van der Waals surface area (Å²) in [6.07, 6.45) is 3.81. The van der Waals surface area contributed by atoms with Gasteiger partial charge < -0.3 is 8.98 Å². The van der Waals surface area contributed by atoms with E-state index < -0.39 is 0 Å². The lowest BCUT2D eigenvalue weighted by atomic mass is 10.0. The molecule has 3 heterocycles. The molecular weight excluding hydrogens is 416 g/mol. The Balaban J connectivity index is 1.76. The van der Waals surface area contributed by atoms with Crippen LogP contribution in [0.4, 0.5) is 0 Å². The SMILES string of the molecule is c1ccc2c(-n3c4ccccc4c4c5ccncc5c5oc6ccccc6c5c43)cccc2c1. The Bertz CT molecular complexity index is 2070.